The predicted octanol–water partition coefficient (Wildman–Crippen LogP) is 3.53. The fourth-order valence-corrected chi connectivity index (χ4v) is 2.22. The fourth-order valence-electron chi connectivity index (χ4n) is 1.54. The minimum Gasteiger partial charge on any atom is -0.308 e. The highest BCUT2D eigenvalue weighted by Gasteiger charge is 2.01. The Balaban J connectivity index is 1.90. The van der Waals surface area contributed by atoms with E-state index in [2.05, 4.69) is 59.5 Å². The number of aryl methyl sites for hydroxylation is 1. The standard InChI is InChI=1S/C12H13Br2N3/c1-8-10(7-16-17-8)6-15-5-9-2-3-11(13)12(14)4-9/h2-4,7,15H,5-6H2,1H3,(H,16,17). The molecule has 5 heteroatoms. The molecular formula is C12H13Br2N3. The van der Waals surface area contributed by atoms with Crippen LogP contribution in [0.1, 0.15) is 16.8 Å². The molecular weight excluding hydrogens is 346 g/mol. The molecule has 17 heavy (non-hydrogen) atoms. The van der Waals surface area contributed by atoms with Gasteiger partial charge in [0.2, 0.25) is 0 Å². The Morgan fingerprint density at radius 2 is 2.06 bits per heavy atom. The number of halogens is 2. The number of benzene rings is 1. The molecule has 0 aliphatic heterocycles. The van der Waals surface area contributed by atoms with Crippen LogP contribution in [0.3, 0.4) is 0 Å². The molecule has 0 spiro atoms. The lowest BCUT2D eigenvalue weighted by Crippen LogP contribution is -2.12. The Morgan fingerprint density at radius 1 is 1.24 bits per heavy atom. The van der Waals surface area contributed by atoms with Gasteiger partial charge in [-0.1, -0.05) is 6.07 Å². The van der Waals surface area contributed by atoms with Crippen molar-refractivity contribution in [3.8, 4) is 0 Å². The molecule has 0 atom stereocenters. The highest BCUT2D eigenvalue weighted by atomic mass is 79.9. The minimum absolute atomic E-state index is 0.829. The first kappa shape index (κ1) is 12.8. The molecule has 0 fully saturated rings. The second-order valence-electron chi connectivity index (χ2n) is 3.87. The molecule has 3 nitrogen and oxygen atoms in total. The van der Waals surface area contributed by atoms with Gasteiger partial charge in [-0.15, -0.1) is 0 Å². The van der Waals surface area contributed by atoms with Gasteiger partial charge in [0.25, 0.3) is 0 Å². The lowest BCUT2D eigenvalue weighted by molar-refractivity contribution is 0.690. The molecule has 0 bridgehead atoms. The average Bonchev–Trinajstić information content (AvgIpc) is 2.70. The normalized spacial score (nSPS) is 10.8. The molecule has 0 radical (unpaired) electrons. The smallest absolute Gasteiger partial charge is 0.0535 e. The van der Waals surface area contributed by atoms with Gasteiger partial charge in [-0.3, -0.25) is 5.10 Å². The van der Waals surface area contributed by atoms with Crippen molar-refractivity contribution in [2.45, 2.75) is 20.0 Å². The molecule has 1 heterocycles. The topological polar surface area (TPSA) is 40.7 Å². The van der Waals surface area contributed by atoms with Crippen LogP contribution in [-0.2, 0) is 13.1 Å². The number of hydrogen-bond donors (Lipinski definition) is 2. The van der Waals surface area contributed by atoms with E-state index >= 15 is 0 Å². The minimum atomic E-state index is 0.829. The zero-order chi connectivity index (χ0) is 12.3. The Labute approximate surface area is 117 Å². The zero-order valence-corrected chi connectivity index (χ0v) is 12.6. The van der Waals surface area contributed by atoms with Gasteiger partial charge in [-0.05, 0) is 56.5 Å². The van der Waals surface area contributed by atoms with Crippen LogP contribution < -0.4 is 5.32 Å². The summed E-state index contributed by atoms with van der Waals surface area (Å²) in [6, 6.07) is 6.26. The fraction of sp³-hybridized carbons (Fsp3) is 0.250. The van der Waals surface area contributed by atoms with Gasteiger partial charge in [0.15, 0.2) is 0 Å². The maximum Gasteiger partial charge on any atom is 0.0535 e. The highest BCUT2D eigenvalue weighted by Crippen LogP contribution is 2.23. The number of aromatic nitrogens is 2. The van der Waals surface area contributed by atoms with E-state index in [9.17, 15) is 0 Å². The third kappa shape index (κ3) is 3.40. The van der Waals surface area contributed by atoms with E-state index in [0.29, 0.717) is 0 Å². The highest BCUT2D eigenvalue weighted by molar-refractivity contribution is 9.13. The summed E-state index contributed by atoms with van der Waals surface area (Å²) in [5, 5.41) is 10.3. The lowest BCUT2D eigenvalue weighted by atomic mass is 10.2. The monoisotopic (exact) mass is 357 g/mol. The van der Waals surface area contributed by atoms with Crippen molar-refractivity contribution in [1.29, 1.82) is 0 Å². The van der Waals surface area contributed by atoms with Gasteiger partial charge in [0.05, 0.1) is 6.20 Å². The van der Waals surface area contributed by atoms with Crippen LogP contribution in [0.25, 0.3) is 0 Å². The lowest BCUT2D eigenvalue weighted by Gasteiger charge is -2.05. The SMILES string of the molecule is Cc1[nH]ncc1CNCc1ccc(Br)c(Br)c1. The molecule has 0 aliphatic rings. The van der Waals surface area contributed by atoms with Crippen LogP contribution in [0.4, 0.5) is 0 Å². The summed E-state index contributed by atoms with van der Waals surface area (Å²) < 4.78 is 2.16. The van der Waals surface area contributed by atoms with Gasteiger partial charge in [0.1, 0.15) is 0 Å². The number of nitrogens with zero attached hydrogens (tertiary/aromatic N) is 1. The maximum absolute atomic E-state index is 3.99. The molecule has 2 aromatic rings. The summed E-state index contributed by atoms with van der Waals surface area (Å²) in [5.41, 5.74) is 3.58. The van der Waals surface area contributed by atoms with Crippen molar-refractivity contribution < 1.29 is 0 Å². The van der Waals surface area contributed by atoms with Gasteiger partial charge in [-0.2, -0.15) is 5.10 Å². The molecule has 2 rings (SSSR count). The van der Waals surface area contributed by atoms with Crippen LogP contribution in [-0.4, -0.2) is 10.2 Å². The van der Waals surface area contributed by atoms with E-state index in [1.54, 1.807) is 0 Å². The summed E-state index contributed by atoms with van der Waals surface area (Å²) in [4.78, 5) is 0. The first-order chi connectivity index (χ1) is 8.16. The summed E-state index contributed by atoms with van der Waals surface area (Å²) in [6.07, 6.45) is 1.86. The summed E-state index contributed by atoms with van der Waals surface area (Å²) in [5.74, 6) is 0. The number of nitrogens with one attached hydrogen (secondary N) is 2. The summed E-state index contributed by atoms with van der Waals surface area (Å²) in [7, 11) is 0. The summed E-state index contributed by atoms with van der Waals surface area (Å²) in [6.45, 7) is 3.70. The Hall–Kier alpha value is -0.650. The van der Waals surface area contributed by atoms with Crippen LogP contribution in [0, 0.1) is 6.92 Å². The van der Waals surface area contributed by atoms with Crippen LogP contribution in [0.5, 0.6) is 0 Å². The quantitative estimate of drug-likeness (QED) is 0.877. The molecule has 2 N–H and O–H groups in total. The van der Waals surface area contributed by atoms with Crippen molar-refractivity contribution in [2.75, 3.05) is 0 Å². The number of rotatable bonds is 4. The Morgan fingerprint density at radius 3 is 2.71 bits per heavy atom. The van der Waals surface area contributed by atoms with E-state index in [0.717, 1.165) is 27.7 Å². The van der Waals surface area contributed by atoms with E-state index in [4.69, 9.17) is 0 Å². The Kier molecular flexibility index (Phi) is 4.36. The molecule has 0 saturated heterocycles. The van der Waals surface area contributed by atoms with Crippen molar-refractivity contribution >= 4 is 31.9 Å². The van der Waals surface area contributed by atoms with Gasteiger partial charge < -0.3 is 5.32 Å². The molecule has 1 aromatic carbocycles. The number of aromatic amines is 1. The summed E-state index contributed by atoms with van der Waals surface area (Å²) >= 11 is 6.96. The van der Waals surface area contributed by atoms with Crippen molar-refractivity contribution in [2.24, 2.45) is 0 Å². The largest absolute Gasteiger partial charge is 0.308 e. The van der Waals surface area contributed by atoms with Crippen LogP contribution in [0.2, 0.25) is 0 Å². The molecule has 90 valence electrons. The second-order valence-corrected chi connectivity index (χ2v) is 5.58. The Bertz CT molecular complexity index is 508. The molecule has 0 aliphatic carbocycles. The molecule has 0 saturated carbocycles. The predicted molar refractivity (Wildman–Crippen MR) is 75.7 cm³/mol. The van der Waals surface area contributed by atoms with Crippen LogP contribution in [0.15, 0.2) is 33.3 Å². The van der Waals surface area contributed by atoms with Gasteiger partial charge >= 0.3 is 0 Å². The molecule has 0 unspecified atom stereocenters. The van der Waals surface area contributed by atoms with Crippen molar-refractivity contribution in [1.82, 2.24) is 15.5 Å². The van der Waals surface area contributed by atoms with E-state index in [-0.39, 0.29) is 0 Å². The van der Waals surface area contributed by atoms with Gasteiger partial charge in [0, 0.05) is 33.3 Å². The van der Waals surface area contributed by atoms with Gasteiger partial charge in [-0.25, -0.2) is 0 Å². The van der Waals surface area contributed by atoms with E-state index < -0.39 is 0 Å². The molecule has 1 aromatic heterocycles. The zero-order valence-electron chi connectivity index (χ0n) is 9.43. The van der Waals surface area contributed by atoms with Crippen LogP contribution >= 0.6 is 31.9 Å². The first-order valence-corrected chi connectivity index (χ1v) is 6.89. The molecule has 0 amide bonds. The first-order valence-electron chi connectivity index (χ1n) is 5.30. The van der Waals surface area contributed by atoms with Crippen molar-refractivity contribution in [3.05, 3.63) is 50.2 Å². The average molecular weight is 359 g/mol. The number of H-pyrrole nitrogens is 1. The third-order valence-electron chi connectivity index (χ3n) is 2.56. The van der Waals surface area contributed by atoms with E-state index in [1.807, 2.05) is 19.2 Å². The maximum atomic E-state index is 3.99. The second kappa shape index (κ2) is 5.80. The van der Waals surface area contributed by atoms with Crippen molar-refractivity contribution in [3.63, 3.8) is 0 Å². The number of hydrogen-bond acceptors (Lipinski definition) is 2. The third-order valence-corrected chi connectivity index (χ3v) is 4.44. The van der Waals surface area contributed by atoms with E-state index in [1.165, 1.54) is 11.1 Å².